The van der Waals surface area contributed by atoms with Crippen LogP contribution in [0.5, 0.6) is 5.75 Å². The molecule has 0 aliphatic carbocycles. The Bertz CT molecular complexity index is 2920. The first-order valence-electron chi connectivity index (χ1n) is 23.1. The minimum absolute atomic E-state index is 0.00911. The minimum Gasteiger partial charge on any atom is -0.479 e. The number of carbonyl (C=O) groups excluding carboxylic acids is 5. The lowest BCUT2D eigenvalue weighted by Gasteiger charge is -2.45. The van der Waals surface area contributed by atoms with E-state index in [-0.39, 0.29) is 89.5 Å². The van der Waals surface area contributed by atoms with Crippen molar-refractivity contribution < 1.29 is 56.9 Å². The summed E-state index contributed by atoms with van der Waals surface area (Å²) in [5.41, 5.74) is 3.30. The summed E-state index contributed by atoms with van der Waals surface area (Å²) in [6.07, 6.45) is 2.22. The van der Waals surface area contributed by atoms with Gasteiger partial charge in [-0.1, -0.05) is 41.9 Å². The molecule has 3 aromatic carbocycles. The third-order valence-corrected chi connectivity index (χ3v) is 17.2. The maximum Gasteiger partial charge on any atom is 0.349 e. The fraction of sp³-hybridized carbons (Fsp3) is 0.408. The van der Waals surface area contributed by atoms with Crippen LogP contribution in [-0.2, 0) is 46.3 Å². The molecule has 8 rings (SSSR count). The second-order valence-corrected chi connectivity index (χ2v) is 22.0. The van der Waals surface area contributed by atoms with E-state index in [1.165, 1.54) is 14.1 Å². The van der Waals surface area contributed by atoms with E-state index >= 15 is 0 Å². The van der Waals surface area contributed by atoms with E-state index in [9.17, 15) is 47.1 Å². The SMILES string of the molecule is CN(C(=O)C1CCN(C(=O)CNc2cccc3c2CN(C2CCC(=O)NC2=O)C3=O)CC1)c1cccc(CS(=O)(=O)N2CC[C@H](Nc3cccc(-c4sc(C(=O)O)c(OCC(=O)O)c4Cl)c3)CC2(C)C)c1. The number of halogens is 1. The summed E-state index contributed by atoms with van der Waals surface area (Å²) in [5.74, 6) is -4.91. The molecule has 4 aliphatic rings. The molecule has 0 spiro atoms. The van der Waals surface area contributed by atoms with Gasteiger partial charge < -0.3 is 40.3 Å². The Kier molecular flexibility index (Phi) is 14.8. The summed E-state index contributed by atoms with van der Waals surface area (Å²) >= 11 is 7.40. The number of hydrogen-bond acceptors (Lipinski definition) is 13. The first-order chi connectivity index (χ1) is 33.7. The van der Waals surface area contributed by atoms with Crippen LogP contribution in [-0.4, -0.2) is 132 Å². The molecule has 5 heterocycles. The normalized spacial score (nSPS) is 19.5. The number of aliphatic carboxylic acids is 1. The number of carbonyl (C=O) groups is 7. The van der Waals surface area contributed by atoms with Crippen molar-refractivity contribution in [3.05, 3.63) is 93.3 Å². The fourth-order valence-corrected chi connectivity index (χ4v) is 13.3. The molecule has 19 nitrogen and oxygen atoms in total. The van der Waals surface area contributed by atoms with Crippen LogP contribution >= 0.6 is 22.9 Å². The zero-order chi connectivity index (χ0) is 50.9. The van der Waals surface area contributed by atoms with E-state index in [0.717, 1.165) is 11.3 Å². The maximum absolute atomic E-state index is 14.1. The van der Waals surface area contributed by atoms with E-state index in [2.05, 4.69) is 16.0 Å². The Balaban J connectivity index is 0.826. The number of carboxylic acid groups (broad SMARTS) is 2. The average Bonchev–Trinajstić information content (AvgIpc) is 3.85. The zero-order valence-electron chi connectivity index (χ0n) is 39.2. The Labute approximate surface area is 419 Å². The van der Waals surface area contributed by atoms with Gasteiger partial charge in [-0.3, -0.25) is 29.3 Å². The van der Waals surface area contributed by atoms with Crippen LogP contribution in [0.4, 0.5) is 17.1 Å². The molecule has 3 fully saturated rings. The summed E-state index contributed by atoms with van der Waals surface area (Å²) in [6, 6.07) is 18.4. The summed E-state index contributed by atoms with van der Waals surface area (Å²) in [7, 11) is -2.17. The second kappa shape index (κ2) is 20.7. The number of anilines is 3. The van der Waals surface area contributed by atoms with Gasteiger partial charge in [-0.2, -0.15) is 4.31 Å². The Hall–Kier alpha value is -6.55. The van der Waals surface area contributed by atoms with Crippen molar-refractivity contribution >= 4 is 91.5 Å². The van der Waals surface area contributed by atoms with Gasteiger partial charge in [0.25, 0.3) is 5.91 Å². The molecular weight excluding hydrogens is 978 g/mol. The number of hydrogen-bond donors (Lipinski definition) is 5. The second-order valence-electron chi connectivity index (χ2n) is 18.8. The average molecular weight is 1030 g/mol. The maximum atomic E-state index is 14.1. The zero-order valence-corrected chi connectivity index (χ0v) is 41.6. The quantitative estimate of drug-likeness (QED) is 0.0871. The van der Waals surface area contributed by atoms with E-state index in [1.807, 2.05) is 19.9 Å². The first kappa shape index (κ1) is 50.8. The van der Waals surface area contributed by atoms with Gasteiger partial charge in [0.1, 0.15) is 11.1 Å². The highest BCUT2D eigenvalue weighted by molar-refractivity contribution is 7.88. The fourth-order valence-electron chi connectivity index (χ4n) is 9.95. The van der Waals surface area contributed by atoms with Crippen LogP contribution in [0.1, 0.15) is 83.5 Å². The number of carboxylic acids is 2. The molecule has 376 valence electrons. The molecule has 0 bridgehead atoms. The van der Waals surface area contributed by atoms with Gasteiger partial charge in [-0.15, -0.1) is 11.3 Å². The van der Waals surface area contributed by atoms with Gasteiger partial charge in [0.15, 0.2) is 17.2 Å². The van der Waals surface area contributed by atoms with Gasteiger partial charge >= 0.3 is 11.9 Å². The van der Waals surface area contributed by atoms with Crippen LogP contribution in [0.25, 0.3) is 10.4 Å². The van der Waals surface area contributed by atoms with Crippen molar-refractivity contribution in [2.24, 2.45) is 5.92 Å². The van der Waals surface area contributed by atoms with Crippen molar-refractivity contribution in [3.8, 4) is 16.2 Å². The molecule has 5 amide bonds. The number of thiophene rings is 1. The summed E-state index contributed by atoms with van der Waals surface area (Å²) in [6.45, 7) is 4.09. The highest BCUT2D eigenvalue weighted by Crippen LogP contribution is 2.46. The number of ether oxygens (including phenoxy) is 1. The topological polar surface area (TPSA) is 252 Å². The van der Waals surface area contributed by atoms with E-state index < -0.39 is 46.1 Å². The smallest absolute Gasteiger partial charge is 0.349 e. The van der Waals surface area contributed by atoms with Crippen molar-refractivity contribution in [1.29, 1.82) is 0 Å². The standard InChI is InChI=1S/C49H54ClN7O12S2/c1-49(2)23-32(52-31-9-5-8-30(22-31)43-41(50)42(69-26-40(60)61)44(70-43)48(65)66)17-20-57(49)71(67,68)27-28-7-4-10-33(21-28)54(3)46(63)29-15-18-55(19-16-29)39(59)24-51-36-12-6-11-34-35(36)25-56(47(34)64)37-13-14-38(58)53-45(37)62/h4-12,21-22,29,32,37,51-52H,13-20,23-27H2,1-3H3,(H,60,61)(H,65,66)(H,53,58,62)/t32-,37?/m0/s1. The predicted molar refractivity (Wildman–Crippen MR) is 265 cm³/mol. The number of nitrogens with one attached hydrogen (secondary N) is 3. The van der Waals surface area contributed by atoms with Crippen molar-refractivity contribution in [1.82, 2.24) is 19.4 Å². The molecular formula is C49H54ClN7O12S2. The molecule has 22 heteroatoms. The van der Waals surface area contributed by atoms with E-state index in [1.54, 1.807) is 72.6 Å². The minimum atomic E-state index is -3.84. The summed E-state index contributed by atoms with van der Waals surface area (Å²) < 4.78 is 35.0. The van der Waals surface area contributed by atoms with E-state index in [0.29, 0.717) is 83.0 Å². The molecule has 71 heavy (non-hydrogen) atoms. The highest BCUT2D eigenvalue weighted by Gasteiger charge is 2.43. The lowest BCUT2D eigenvalue weighted by Crippen LogP contribution is -2.55. The molecule has 5 N–H and O–H groups in total. The number of fused-ring (bicyclic) bond motifs is 1. The van der Waals surface area contributed by atoms with Crippen molar-refractivity contribution in [2.45, 2.75) is 82.3 Å². The number of rotatable bonds is 16. The summed E-state index contributed by atoms with van der Waals surface area (Å²) in [5, 5.41) is 27.8. The number of likely N-dealkylation sites (tertiary alicyclic amines) is 1. The Morgan fingerprint density at radius 2 is 1.69 bits per heavy atom. The number of nitrogens with zero attached hydrogens (tertiary/aromatic N) is 4. The monoisotopic (exact) mass is 1030 g/mol. The van der Waals surface area contributed by atoms with Crippen LogP contribution in [0.15, 0.2) is 66.7 Å². The Morgan fingerprint density at radius 3 is 2.39 bits per heavy atom. The molecule has 1 aromatic heterocycles. The molecule has 0 saturated carbocycles. The number of aromatic carboxylic acids is 1. The number of amides is 5. The van der Waals surface area contributed by atoms with E-state index in [4.69, 9.17) is 21.4 Å². The largest absolute Gasteiger partial charge is 0.479 e. The first-order valence-corrected chi connectivity index (χ1v) is 25.9. The number of benzene rings is 3. The number of piperidine rings is 3. The van der Waals surface area contributed by atoms with Gasteiger partial charge in [0, 0.05) is 85.3 Å². The van der Waals surface area contributed by atoms with Gasteiger partial charge in [-0.05, 0) is 93.5 Å². The van der Waals surface area contributed by atoms with Gasteiger partial charge in [-0.25, -0.2) is 18.0 Å². The molecule has 0 radical (unpaired) electrons. The molecule has 1 unspecified atom stereocenters. The van der Waals surface area contributed by atoms with Gasteiger partial charge in [0.05, 0.1) is 17.2 Å². The third-order valence-electron chi connectivity index (χ3n) is 13.5. The Morgan fingerprint density at radius 1 is 0.958 bits per heavy atom. The highest BCUT2D eigenvalue weighted by atomic mass is 35.5. The number of sulfonamides is 1. The van der Waals surface area contributed by atoms with Crippen LogP contribution in [0.2, 0.25) is 5.02 Å². The third kappa shape index (κ3) is 11.0. The van der Waals surface area contributed by atoms with Crippen LogP contribution in [0.3, 0.4) is 0 Å². The molecule has 4 aliphatic heterocycles. The molecule has 2 atom stereocenters. The van der Waals surface area contributed by atoms with Gasteiger partial charge in [0.2, 0.25) is 33.7 Å². The van der Waals surface area contributed by atoms with Crippen molar-refractivity contribution in [3.63, 3.8) is 0 Å². The lowest BCUT2D eigenvalue weighted by atomic mass is 9.89. The van der Waals surface area contributed by atoms with Crippen LogP contribution < -0.4 is 25.6 Å². The van der Waals surface area contributed by atoms with Crippen molar-refractivity contribution in [2.75, 3.05) is 55.4 Å². The molecule has 4 aromatic rings. The lowest BCUT2D eigenvalue weighted by molar-refractivity contribution is -0.139. The summed E-state index contributed by atoms with van der Waals surface area (Å²) in [4.78, 5) is 92.6. The number of imide groups is 1. The molecule has 3 saturated heterocycles. The van der Waals surface area contributed by atoms with Crippen LogP contribution in [0, 0.1) is 5.92 Å². The predicted octanol–water partition coefficient (Wildman–Crippen LogP) is 5.49.